The molecule has 1 amide bonds. The Kier molecular flexibility index (Phi) is 3.30. The van der Waals surface area contributed by atoms with E-state index >= 15 is 0 Å². The van der Waals surface area contributed by atoms with Gasteiger partial charge in [0.05, 0.1) is 28.7 Å². The van der Waals surface area contributed by atoms with Crippen LogP contribution < -0.4 is 16.8 Å². The molecule has 0 saturated heterocycles. The summed E-state index contributed by atoms with van der Waals surface area (Å²) in [5.74, 6) is -0.234. The molecule has 2 rings (SSSR count). The van der Waals surface area contributed by atoms with Crippen LogP contribution in [-0.2, 0) is 0 Å². The third-order valence-electron chi connectivity index (χ3n) is 2.51. The van der Waals surface area contributed by atoms with Gasteiger partial charge in [0.1, 0.15) is 11.9 Å². The van der Waals surface area contributed by atoms with Crippen LogP contribution in [0.25, 0.3) is 0 Å². The van der Waals surface area contributed by atoms with Gasteiger partial charge >= 0.3 is 0 Å². The minimum absolute atomic E-state index is 0.187. The van der Waals surface area contributed by atoms with Crippen LogP contribution in [0.5, 0.6) is 0 Å². The SMILES string of the molecule is N#Cc1ccccc1Nc1cc(C(N)=O)c(N)cn1. The Bertz CT molecular complexity index is 675. The van der Waals surface area contributed by atoms with E-state index in [2.05, 4.69) is 16.4 Å². The first-order valence-electron chi connectivity index (χ1n) is 5.43. The first-order chi connectivity index (χ1) is 9.11. The van der Waals surface area contributed by atoms with Crippen molar-refractivity contribution in [2.24, 2.45) is 5.73 Å². The van der Waals surface area contributed by atoms with Gasteiger partial charge in [-0.15, -0.1) is 0 Å². The summed E-state index contributed by atoms with van der Waals surface area (Å²) in [7, 11) is 0. The summed E-state index contributed by atoms with van der Waals surface area (Å²) in [6.07, 6.45) is 1.34. The van der Waals surface area contributed by atoms with Crippen LogP contribution in [0.4, 0.5) is 17.2 Å². The number of hydrogen-bond acceptors (Lipinski definition) is 5. The lowest BCUT2D eigenvalue weighted by Gasteiger charge is -2.09. The van der Waals surface area contributed by atoms with Crippen molar-refractivity contribution in [2.75, 3.05) is 11.1 Å². The van der Waals surface area contributed by atoms with Crippen LogP contribution >= 0.6 is 0 Å². The molecule has 6 nitrogen and oxygen atoms in total. The number of nitriles is 1. The van der Waals surface area contributed by atoms with E-state index in [0.29, 0.717) is 17.1 Å². The fraction of sp³-hybridized carbons (Fsp3) is 0. The molecule has 0 saturated carbocycles. The number of aromatic nitrogens is 1. The van der Waals surface area contributed by atoms with Crippen molar-refractivity contribution in [2.45, 2.75) is 0 Å². The van der Waals surface area contributed by atoms with Crippen LogP contribution in [0.2, 0.25) is 0 Å². The van der Waals surface area contributed by atoms with Gasteiger partial charge < -0.3 is 16.8 Å². The predicted molar refractivity (Wildman–Crippen MR) is 71.6 cm³/mol. The first kappa shape index (κ1) is 12.4. The van der Waals surface area contributed by atoms with Crippen LogP contribution in [0, 0.1) is 11.3 Å². The molecule has 0 atom stereocenters. The maximum atomic E-state index is 11.2. The lowest BCUT2D eigenvalue weighted by atomic mass is 10.2. The van der Waals surface area contributed by atoms with Crippen molar-refractivity contribution < 1.29 is 4.79 Å². The zero-order valence-electron chi connectivity index (χ0n) is 9.92. The number of pyridine rings is 1. The molecule has 0 fully saturated rings. The molecule has 0 radical (unpaired) electrons. The smallest absolute Gasteiger partial charge is 0.250 e. The molecule has 2 aromatic rings. The molecule has 19 heavy (non-hydrogen) atoms. The van der Waals surface area contributed by atoms with Gasteiger partial charge in [-0.2, -0.15) is 5.26 Å². The zero-order valence-corrected chi connectivity index (χ0v) is 9.92. The van der Waals surface area contributed by atoms with Gasteiger partial charge in [0.15, 0.2) is 0 Å². The average molecular weight is 253 g/mol. The molecule has 6 heteroatoms. The van der Waals surface area contributed by atoms with Crippen LogP contribution in [0.1, 0.15) is 15.9 Å². The van der Waals surface area contributed by atoms with Crippen molar-refractivity contribution in [3.05, 3.63) is 47.7 Å². The number of nitrogens with two attached hydrogens (primary N) is 2. The molecule has 0 bridgehead atoms. The van der Waals surface area contributed by atoms with Crippen molar-refractivity contribution in [1.29, 1.82) is 5.26 Å². The van der Waals surface area contributed by atoms with Crippen LogP contribution in [-0.4, -0.2) is 10.9 Å². The van der Waals surface area contributed by atoms with Gasteiger partial charge in [-0.1, -0.05) is 12.1 Å². The van der Waals surface area contributed by atoms with Gasteiger partial charge in [-0.3, -0.25) is 4.79 Å². The van der Waals surface area contributed by atoms with E-state index in [1.54, 1.807) is 24.3 Å². The average Bonchev–Trinajstić information content (AvgIpc) is 2.41. The summed E-state index contributed by atoms with van der Waals surface area (Å²) in [5, 5.41) is 11.9. The van der Waals surface area contributed by atoms with Crippen molar-refractivity contribution in [3.63, 3.8) is 0 Å². The summed E-state index contributed by atoms with van der Waals surface area (Å²) in [5.41, 5.74) is 12.3. The monoisotopic (exact) mass is 253 g/mol. The number of benzene rings is 1. The van der Waals surface area contributed by atoms with Crippen molar-refractivity contribution in [1.82, 2.24) is 4.98 Å². The molecular weight excluding hydrogens is 242 g/mol. The van der Waals surface area contributed by atoms with E-state index in [0.717, 1.165) is 0 Å². The molecule has 1 heterocycles. The Labute approximate surface area is 109 Å². The minimum Gasteiger partial charge on any atom is -0.397 e. The molecule has 0 spiro atoms. The molecule has 1 aromatic carbocycles. The highest BCUT2D eigenvalue weighted by Crippen LogP contribution is 2.21. The second-order valence-corrected chi connectivity index (χ2v) is 3.80. The molecular formula is C13H11N5O. The number of anilines is 3. The summed E-state index contributed by atoms with van der Waals surface area (Å²) in [6, 6.07) is 10.5. The highest BCUT2D eigenvalue weighted by Gasteiger charge is 2.09. The number of nitrogen functional groups attached to an aromatic ring is 1. The lowest BCUT2D eigenvalue weighted by molar-refractivity contribution is 0.100. The van der Waals surface area contributed by atoms with E-state index in [4.69, 9.17) is 16.7 Å². The zero-order chi connectivity index (χ0) is 13.8. The number of hydrogen-bond donors (Lipinski definition) is 3. The highest BCUT2D eigenvalue weighted by atomic mass is 16.1. The Hall–Kier alpha value is -3.07. The molecule has 0 aliphatic rings. The largest absolute Gasteiger partial charge is 0.397 e. The lowest BCUT2D eigenvalue weighted by Crippen LogP contribution is -2.14. The molecule has 0 unspecified atom stereocenters. The summed E-state index contributed by atoms with van der Waals surface area (Å²) >= 11 is 0. The highest BCUT2D eigenvalue weighted by molar-refractivity contribution is 5.98. The number of primary amides is 1. The first-order valence-corrected chi connectivity index (χ1v) is 5.43. The quantitative estimate of drug-likeness (QED) is 0.763. The number of para-hydroxylation sites is 1. The van der Waals surface area contributed by atoms with E-state index in [1.807, 2.05) is 0 Å². The van der Waals surface area contributed by atoms with E-state index in [1.165, 1.54) is 12.3 Å². The standard InChI is InChI=1S/C13H11N5O/c14-6-8-3-1-2-4-11(8)18-12-5-9(13(16)19)10(15)7-17-12/h1-5,7H,15H2,(H2,16,19)(H,17,18). The number of carbonyl (C=O) groups excluding carboxylic acids is 1. The molecule has 1 aromatic heterocycles. The second kappa shape index (κ2) is 5.06. The van der Waals surface area contributed by atoms with Crippen molar-refractivity contribution in [3.8, 4) is 6.07 Å². The second-order valence-electron chi connectivity index (χ2n) is 3.80. The molecule has 94 valence electrons. The number of nitrogens with one attached hydrogen (secondary N) is 1. The Balaban J connectivity index is 2.37. The maximum absolute atomic E-state index is 11.2. The van der Waals surface area contributed by atoms with Crippen molar-refractivity contribution >= 4 is 23.1 Å². The third kappa shape index (κ3) is 2.61. The minimum atomic E-state index is -0.628. The normalized spacial score (nSPS) is 9.63. The van der Waals surface area contributed by atoms with Gasteiger partial charge in [-0.05, 0) is 18.2 Å². The Morgan fingerprint density at radius 2 is 2.11 bits per heavy atom. The Morgan fingerprint density at radius 1 is 1.37 bits per heavy atom. The van der Waals surface area contributed by atoms with Gasteiger partial charge in [0.2, 0.25) is 0 Å². The topological polar surface area (TPSA) is 118 Å². The van der Waals surface area contributed by atoms with E-state index < -0.39 is 5.91 Å². The summed E-state index contributed by atoms with van der Waals surface area (Å²) < 4.78 is 0. The molecule has 5 N–H and O–H groups in total. The van der Waals surface area contributed by atoms with Crippen LogP contribution in [0.15, 0.2) is 36.5 Å². The number of nitrogens with zero attached hydrogens (tertiary/aromatic N) is 2. The number of carbonyl (C=O) groups is 1. The number of amides is 1. The van der Waals surface area contributed by atoms with Crippen LogP contribution in [0.3, 0.4) is 0 Å². The van der Waals surface area contributed by atoms with Gasteiger partial charge in [0, 0.05) is 0 Å². The number of rotatable bonds is 3. The Morgan fingerprint density at radius 3 is 2.79 bits per heavy atom. The summed E-state index contributed by atoms with van der Waals surface area (Å²) in [4.78, 5) is 15.2. The van der Waals surface area contributed by atoms with Gasteiger partial charge in [-0.25, -0.2) is 4.98 Å². The predicted octanol–water partition coefficient (Wildman–Crippen LogP) is 1.38. The maximum Gasteiger partial charge on any atom is 0.250 e. The third-order valence-corrected chi connectivity index (χ3v) is 2.51. The fourth-order valence-corrected chi connectivity index (χ4v) is 1.58. The fourth-order valence-electron chi connectivity index (χ4n) is 1.58. The summed E-state index contributed by atoms with van der Waals surface area (Å²) in [6.45, 7) is 0. The molecule has 0 aliphatic heterocycles. The van der Waals surface area contributed by atoms with Gasteiger partial charge in [0.25, 0.3) is 5.91 Å². The van der Waals surface area contributed by atoms with E-state index in [9.17, 15) is 4.79 Å². The van der Waals surface area contributed by atoms with E-state index in [-0.39, 0.29) is 11.3 Å². The molecule has 0 aliphatic carbocycles.